The van der Waals surface area contributed by atoms with Crippen molar-refractivity contribution in [2.45, 2.75) is 71.5 Å². The van der Waals surface area contributed by atoms with Gasteiger partial charge in [-0.2, -0.15) is 0 Å². The maximum Gasteiger partial charge on any atom is 0.264 e. The molecule has 0 aromatic heterocycles. The maximum absolute atomic E-state index is 14.0. The molecule has 0 heterocycles. The average Bonchev–Trinajstić information content (AvgIpc) is 2.96. The number of hydrogen-bond acceptors (Lipinski definition) is 5. The zero-order valence-electron chi connectivity index (χ0n) is 24.8. The zero-order chi connectivity index (χ0) is 30.2. The van der Waals surface area contributed by atoms with Gasteiger partial charge in [0.25, 0.3) is 10.0 Å². The fourth-order valence-corrected chi connectivity index (χ4v) is 5.67. The first-order valence-corrected chi connectivity index (χ1v) is 15.4. The standard InChI is InChI=1S/C32H41N3O5S/c1-7-25(5)33-32(37)26(6)34(21-27-12-10-9-11-24(27)4)31(36)22-35(28-15-13-23(3)14-16-28)41(38,39)30-19-17-29(18-20-30)40-8-2/h9-20,25-26H,7-8,21-22H2,1-6H3,(H,33,37)/t25-,26-/m0/s1. The van der Waals surface area contributed by atoms with Gasteiger partial charge in [-0.3, -0.25) is 13.9 Å². The number of rotatable bonds is 13. The second-order valence-corrected chi connectivity index (χ2v) is 12.1. The Labute approximate surface area is 244 Å². The van der Waals surface area contributed by atoms with Crippen LogP contribution in [0.5, 0.6) is 5.75 Å². The molecule has 0 spiro atoms. The Morgan fingerprint density at radius 2 is 1.54 bits per heavy atom. The molecule has 0 saturated heterocycles. The van der Waals surface area contributed by atoms with E-state index < -0.39 is 28.5 Å². The molecular weight excluding hydrogens is 538 g/mol. The molecule has 0 aliphatic heterocycles. The fourth-order valence-electron chi connectivity index (χ4n) is 4.26. The van der Waals surface area contributed by atoms with E-state index in [0.29, 0.717) is 18.0 Å². The van der Waals surface area contributed by atoms with Gasteiger partial charge in [0.05, 0.1) is 17.2 Å². The second kappa shape index (κ2) is 14.2. The normalized spacial score (nSPS) is 12.7. The lowest BCUT2D eigenvalue weighted by atomic mass is 10.1. The molecule has 1 N–H and O–H groups in total. The molecule has 9 heteroatoms. The van der Waals surface area contributed by atoms with E-state index in [9.17, 15) is 18.0 Å². The van der Waals surface area contributed by atoms with Gasteiger partial charge in [0, 0.05) is 12.6 Å². The first-order chi connectivity index (χ1) is 19.5. The van der Waals surface area contributed by atoms with Gasteiger partial charge in [0.2, 0.25) is 11.8 Å². The summed E-state index contributed by atoms with van der Waals surface area (Å²) in [4.78, 5) is 28.7. The molecule has 2 atom stereocenters. The van der Waals surface area contributed by atoms with Gasteiger partial charge in [-0.05, 0) is 88.6 Å². The number of nitrogens with zero attached hydrogens (tertiary/aromatic N) is 2. The van der Waals surface area contributed by atoms with Crippen molar-refractivity contribution in [3.05, 3.63) is 89.5 Å². The first kappa shape index (κ1) is 31.7. The number of carbonyl (C=O) groups is 2. The van der Waals surface area contributed by atoms with Crippen LogP contribution in [0.4, 0.5) is 5.69 Å². The number of benzene rings is 3. The van der Waals surface area contributed by atoms with Gasteiger partial charge in [0.1, 0.15) is 18.3 Å². The van der Waals surface area contributed by atoms with Crippen LogP contribution in [0.2, 0.25) is 0 Å². The van der Waals surface area contributed by atoms with E-state index in [-0.39, 0.29) is 23.4 Å². The van der Waals surface area contributed by atoms with Crippen LogP contribution in [-0.4, -0.2) is 50.4 Å². The number of ether oxygens (including phenoxy) is 1. The van der Waals surface area contributed by atoms with Gasteiger partial charge in [0.15, 0.2) is 0 Å². The molecule has 0 radical (unpaired) electrons. The number of carbonyl (C=O) groups excluding carboxylic acids is 2. The SMILES string of the molecule is CCOc1ccc(S(=O)(=O)N(CC(=O)N(Cc2ccccc2C)[C@@H](C)C(=O)N[C@@H](C)CC)c2ccc(C)cc2)cc1. The summed E-state index contributed by atoms with van der Waals surface area (Å²) >= 11 is 0. The summed E-state index contributed by atoms with van der Waals surface area (Å²) in [5.74, 6) is -0.234. The predicted octanol–water partition coefficient (Wildman–Crippen LogP) is 5.23. The van der Waals surface area contributed by atoms with Crippen molar-refractivity contribution in [2.24, 2.45) is 0 Å². The topological polar surface area (TPSA) is 96.0 Å². The molecule has 8 nitrogen and oxygen atoms in total. The molecule has 41 heavy (non-hydrogen) atoms. The van der Waals surface area contributed by atoms with E-state index in [1.165, 1.54) is 17.0 Å². The molecule has 0 aliphatic rings. The van der Waals surface area contributed by atoms with Crippen LogP contribution in [0.3, 0.4) is 0 Å². The summed E-state index contributed by atoms with van der Waals surface area (Å²) in [5.41, 5.74) is 3.15. The summed E-state index contributed by atoms with van der Waals surface area (Å²) in [7, 11) is -4.15. The van der Waals surface area contributed by atoms with Crippen LogP contribution in [0.25, 0.3) is 0 Å². The van der Waals surface area contributed by atoms with E-state index in [2.05, 4.69) is 5.32 Å². The van der Waals surface area contributed by atoms with Crippen molar-refractivity contribution in [2.75, 3.05) is 17.5 Å². The first-order valence-electron chi connectivity index (χ1n) is 13.9. The van der Waals surface area contributed by atoms with Crippen LogP contribution >= 0.6 is 0 Å². The minimum Gasteiger partial charge on any atom is -0.494 e. The molecule has 2 amide bonds. The molecule has 0 saturated carbocycles. The maximum atomic E-state index is 14.0. The highest BCUT2D eigenvalue weighted by molar-refractivity contribution is 7.92. The third-order valence-corrected chi connectivity index (χ3v) is 8.88. The van der Waals surface area contributed by atoms with Crippen molar-refractivity contribution in [3.8, 4) is 5.75 Å². The fraction of sp³-hybridized carbons (Fsp3) is 0.375. The average molecular weight is 580 g/mol. The summed E-state index contributed by atoms with van der Waals surface area (Å²) in [5, 5.41) is 2.95. The lowest BCUT2D eigenvalue weighted by Gasteiger charge is -2.32. The minimum atomic E-state index is -4.15. The van der Waals surface area contributed by atoms with E-state index in [1.807, 2.05) is 58.9 Å². The van der Waals surface area contributed by atoms with Crippen molar-refractivity contribution in [1.29, 1.82) is 0 Å². The molecule has 0 bridgehead atoms. The van der Waals surface area contributed by atoms with E-state index in [0.717, 1.165) is 27.4 Å². The lowest BCUT2D eigenvalue weighted by Crippen LogP contribution is -2.52. The number of sulfonamides is 1. The summed E-state index contributed by atoms with van der Waals surface area (Å²) in [6.07, 6.45) is 0.742. The van der Waals surface area contributed by atoms with Gasteiger partial charge in [-0.1, -0.05) is 48.9 Å². The van der Waals surface area contributed by atoms with Crippen molar-refractivity contribution in [1.82, 2.24) is 10.2 Å². The van der Waals surface area contributed by atoms with Crippen molar-refractivity contribution in [3.63, 3.8) is 0 Å². The summed E-state index contributed by atoms with van der Waals surface area (Å²) < 4.78 is 34.5. The van der Waals surface area contributed by atoms with Crippen LogP contribution in [0, 0.1) is 13.8 Å². The summed E-state index contributed by atoms with van der Waals surface area (Å²) in [6, 6.07) is 19.8. The van der Waals surface area contributed by atoms with Crippen LogP contribution < -0.4 is 14.4 Å². The highest BCUT2D eigenvalue weighted by Gasteiger charge is 2.33. The van der Waals surface area contributed by atoms with E-state index in [4.69, 9.17) is 4.74 Å². The largest absolute Gasteiger partial charge is 0.494 e. The van der Waals surface area contributed by atoms with E-state index in [1.54, 1.807) is 43.3 Å². The molecular formula is C32H41N3O5S. The molecule has 220 valence electrons. The number of hydrogen-bond donors (Lipinski definition) is 1. The smallest absolute Gasteiger partial charge is 0.264 e. The Balaban J connectivity index is 2.02. The Kier molecular flexibility index (Phi) is 10.9. The van der Waals surface area contributed by atoms with Crippen LogP contribution in [-0.2, 0) is 26.2 Å². The van der Waals surface area contributed by atoms with Gasteiger partial charge < -0.3 is 15.0 Å². The predicted molar refractivity (Wildman–Crippen MR) is 162 cm³/mol. The quantitative estimate of drug-likeness (QED) is 0.299. The highest BCUT2D eigenvalue weighted by atomic mass is 32.2. The molecule has 3 aromatic carbocycles. The monoisotopic (exact) mass is 579 g/mol. The third kappa shape index (κ3) is 8.10. The molecule has 3 aromatic rings. The Morgan fingerprint density at radius 3 is 2.12 bits per heavy atom. The van der Waals surface area contributed by atoms with E-state index >= 15 is 0 Å². The molecule has 0 fully saturated rings. The summed E-state index contributed by atoms with van der Waals surface area (Å²) in [6.45, 7) is 11.4. The van der Waals surface area contributed by atoms with Gasteiger partial charge in [-0.25, -0.2) is 8.42 Å². The number of anilines is 1. The molecule has 0 aliphatic carbocycles. The van der Waals surface area contributed by atoms with Gasteiger partial charge in [-0.15, -0.1) is 0 Å². The number of aryl methyl sites for hydroxylation is 2. The molecule has 0 unspecified atom stereocenters. The van der Waals surface area contributed by atoms with Crippen LogP contribution in [0.15, 0.2) is 77.7 Å². The third-order valence-electron chi connectivity index (χ3n) is 7.09. The van der Waals surface area contributed by atoms with Gasteiger partial charge >= 0.3 is 0 Å². The Morgan fingerprint density at radius 1 is 0.902 bits per heavy atom. The van der Waals surface area contributed by atoms with Crippen LogP contribution in [0.1, 0.15) is 50.8 Å². The Bertz CT molecular complexity index is 1420. The number of amides is 2. The van der Waals surface area contributed by atoms with Crippen molar-refractivity contribution >= 4 is 27.5 Å². The zero-order valence-corrected chi connectivity index (χ0v) is 25.6. The highest BCUT2D eigenvalue weighted by Crippen LogP contribution is 2.26. The minimum absolute atomic E-state index is 0.0299. The second-order valence-electron chi connectivity index (χ2n) is 10.2. The number of nitrogens with one attached hydrogen (secondary N) is 1. The Hall–Kier alpha value is -3.85. The molecule has 3 rings (SSSR count). The lowest BCUT2D eigenvalue weighted by molar-refractivity contribution is -0.139. The van der Waals surface area contributed by atoms with Crippen molar-refractivity contribution < 1.29 is 22.7 Å².